The molecular weight excluding hydrogens is 324 g/mol. The number of nitrogens with zero attached hydrogens (tertiary/aromatic N) is 2. The third kappa shape index (κ3) is 2.85. The fraction of sp³-hybridized carbons (Fsp3) is 0.278. The number of esters is 1. The molecule has 2 aromatic heterocycles. The van der Waals surface area contributed by atoms with Gasteiger partial charge in [0.25, 0.3) is 0 Å². The van der Waals surface area contributed by atoms with Crippen LogP contribution in [0.15, 0.2) is 41.7 Å². The van der Waals surface area contributed by atoms with Crippen LogP contribution in [0.2, 0.25) is 0 Å². The number of ether oxygens (including phenoxy) is 1. The van der Waals surface area contributed by atoms with Crippen LogP contribution >= 0.6 is 11.3 Å². The Morgan fingerprint density at radius 1 is 1.29 bits per heavy atom. The Kier molecular flexibility index (Phi) is 4.49. The van der Waals surface area contributed by atoms with Crippen LogP contribution in [0, 0.1) is 4.91 Å². The summed E-state index contributed by atoms with van der Waals surface area (Å²) in [6.45, 7) is 4.36. The number of methoxy groups -OCH3 is 1. The Morgan fingerprint density at radius 3 is 2.75 bits per heavy atom. The summed E-state index contributed by atoms with van der Waals surface area (Å²) >= 11 is 1.39. The van der Waals surface area contributed by atoms with Crippen molar-refractivity contribution in [3.63, 3.8) is 0 Å². The van der Waals surface area contributed by atoms with E-state index in [0.717, 1.165) is 26.9 Å². The van der Waals surface area contributed by atoms with Crippen molar-refractivity contribution >= 4 is 28.2 Å². The minimum Gasteiger partial charge on any atom is -0.465 e. The monoisotopic (exact) mass is 342 g/mol. The summed E-state index contributed by atoms with van der Waals surface area (Å²) in [6.07, 6.45) is 1.99. The first-order valence-corrected chi connectivity index (χ1v) is 8.48. The van der Waals surface area contributed by atoms with Crippen molar-refractivity contribution in [3.05, 3.63) is 51.9 Å². The summed E-state index contributed by atoms with van der Waals surface area (Å²) in [4.78, 5) is 23.9. The fourth-order valence-electron chi connectivity index (χ4n) is 2.80. The molecule has 0 aliphatic heterocycles. The lowest BCUT2D eigenvalue weighted by Gasteiger charge is -2.09. The van der Waals surface area contributed by atoms with E-state index in [1.54, 1.807) is 6.07 Å². The second kappa shape index (κ2) is 6.57. The van der Waals surface area contributed by atoms with Crippen molar-refractivity contribution in [2.24, 2.45) is 5.18 Å². The quantitative estimate of drug-likeness (QED) is 0.484. The van der Waals surface area contributed by atoms with Crippen LogP contribution in [0.1, 0.15) is 35.1 Å². The minimum atomic E-state index is -0.330. The summed E-state index contributed by atoms with van der Waals surface area (Å²) < 4.78 is 6.90. The Morgan fingerprint density at radius 2 is 2.08 bits per heavy atom. The van der Waals surface area contributed by atoms with E-state index >= 15 is 0 Å². The van der Waals surface area contributed by atoms with Gasteiger partial charge >= 0.3 is 5.97 Å². The first-order chi connectivity index (χ1) is 11.5. The molecule has 0 aliphatic rings. The average Bonchev–Trinajstić information content (AvgIpc) is 3.19. The third-order valence-electron chi connectivity index (χ3n) is 3.98. The molecule has 0 saturated heterocycles. The Bertz CT molecular complexity index is 908. The smallest absolute Gasteiger partial charge is 0.348 e. The van der Waals surface area contributed by atoms with Gasteiger partial charge in [0.15, 0.2) is 0 Å². The molecule has 0 amide bonds. The average molecular weight is 342 g/mol. The van der Waals surface area contributed by atoms with Crippen molar-refractivity contribution in [1.82, 2.24) is 4.57 Å². The van der Waals surface area contributed by atoms with Crippen LogP contribution in [0.5, 0.6) is 0 Å². The highest BCUT2D eigenvalue weighted by Crippen LogP contribution is 2.33. The lowest BCUT2D eigenvalue weighted by Crippen LogP contribution is -1.97. The van der Waals surface area contributed by atoms with E-state index in [-0.39, 0.29) is 12.5 Å². The molecule has 24 heavy (non-hydrogen) atoms. The number of hydrogen-bond donors (Lipinski definition) is 0. The summed E-state index contributed by atoms with van der Waals surface area (Å²) in [7, 11) is 1.38. The minimum absolute atomic E-state index is 0.150. The van der Waals surface area contributed by atoms with Gasteiger partial charge in [0.1, 0.15) is 11.4 Å². The number of hydrogen-bond acceptors (Lipinski definition) is 5. The molecule has 3 rings (SSSR count). The summed E-state index contributed by atoms with van der Waals surface area (Å²) in [5.74, 6) is -0.330. The number of rotatable bonds is 5. The van der Waals surface area contributed by atoms with Crippen molar-refractivity contribution < 1.29 is 9.53 Å². The van der Waals surface area contributed by atoms with Crippen LogP contribution in [-0.2, 0) is 11.3 Å². The number of nitroso groups, excluding NO2 is 1. The Hall–Kier alpha value is -2.47. The zero-order chi connectivity index (χ0) is 17.3. The highest BCUT2D eigenvalue weighted by Gasteiger charge is 2.14. The van der Waals surface area contributed by atoms with Gasteiger partial charge < -0.3 is 9.30 Å². The highest BCUT2D eigenvalue weighted by atomic mass is 32.1. The van der Waals surface area contributed by atoms with E-state index in [1.807, 2.05) is 18.3 Å². The number of thiophene rings is 1. The van der Waals surface area contributed by atoms with Gasteiger partial charge in [-0.05, 0) is 43.7 Å². The first-order valence-electron chi connectivity index (χ1n) is 7.66. The molecule has 0 fully saturated rings. The zero-order valence-corrected chi connectivity index (χ0v) is 14.6. The zero-order valence-electron chi connectivity index (χ0n) is 13.8. The van der Waals surface area contributed by atoms with Crippen LogP contribution < -0.4 is 0 Å². The van der Waals surface area contributed by atoms with E-state index in [2.05, 4.69) is 35.7 Å². The Balaban J connectivity index is 2.10. The van der Waals surface area contributed by atoms with Gasteiger partial charge in [0.05, 0.1) is 7.11 Å². The van der Waals surface area contributed by atoms with E-state index in [9.17, 15) is 9.70 Å². The van der Waals surface area contributed by atoms with Gasteiger partial charge in [-0.15, -0.1) is 11.3 Å². The molecule has 6 heteroatoms. The number of carbonyl (C=O) groups is 1. The van der Waals surface area contributed by atoms with Gasteiger partial charge in [0, 0.05) is 33.6 Å². The maximum atomic E-state index is 11.6. The van der Waals surface area contributed by atoms with Crippen LogP contribution in [0.4, 0.5) is 0 Å². The summed E-state index contributed by atoms with van der Waals surface area (Å²) in [5, 5.41) is 4.07. The molecule has 124 valence electrons. The summed E-state index contributed by atoms with van der Waals surface area (Å²) in [6, 6.07) is 10.1. The second-order valence-electron chi connectivity index (χ2n) is 5.83. The highest BCUT2D eigenvalue weighted by molar-refractivity contribution is 7.17. The normalized spacial score (nSPS) is 11.2. The van der Waals surface area contributed by atoms with Crippen LogP contribution in [0.25, 0.3) is 21.3 Å². The molecule has 0 atom stereocenters. The lowest BCUT2D eigenvalue weighted by molar-refractivity contribution is 0.0606. The summed E-state index contributed by atoms with van der Waals surface area (Å²) in [5.41, 5.74) is 3.01. The van der Waals surface area contributed by atoms with Crippen molar-refractivity contribution in [3.8, 4) is 10.4 Å². The van der Waals surface area contributed by atoms with E-state index < -0.39 is 0 Å². The molecule has 0 aliphatic carbocycles. The maximum absolute atomic E-state index is 11.6. The van der Waals surface area contributed by atoms with Crippen LogP contribution in [-0.4, -0.2) is 17.6 Å². The SMILES string of the molecule is COC(=O)c1ccc(-c2ccc3c(c2)c(CN=O)cn3C(C)C)s1. The molecule has 0 saturated carbocycles. The Labute approximate surface area is 143 Å². The lowest BCUT2D eigenvalue weighted by atomic mass is 10.1. The molecule has 0 unspecified atom stereocenters. The van der Waals surface area contributed by atoms with Crippen molar-refractivity contribution in [2.75, 3.05) is 7.11 Å². The number of fused-ring (bicyclic) bond motifs is 1. The van der Waals surface area contributed by atoms with Gasteiger partial charge in [-0.25, -0.2) is 4.79 Å². The fourth-order valence-corrected chi connectivity index (χ4v) is 3.73. The van der Waals surface area contributed by atoms with Crippen molar-refractivity contribution in [1.29, 1.82) is 0 Å². The first kappa shape index (κ1) is 16.4. The van der Waals surface area contributed by atoms with Crippen molar-refractivity contribution in [2.45, 2.75) is 26.4 Å². The topological polar surface area (TPSA) is 60.7 Å². The van der Waals surface area contributed by atoms with Gasteiger partial charge in [0.2, 0.25) is 0 Å². The van der Waals surface area contributed by atoms with E-state index in [4.69, 9.17) is 4.74 Å². The number of benzene rings is 1. The molecular formula is C18H18N2O3S. The molecule has 0 N–H and O–H groups in total. The van der Waals surface area contributed by atoms with Gasteiger partial charge in [-0.3, -0.25) is 0 Å². The molecule has 0 bridgehead atoms. The molecule has 1 aromatic carbocycles. The third-order valence-corrected chi connectivity index (χ3v) is 5.10. The second-order valence-corrected chi connectivity index (χ2v) is 6.91. The standard InChI is InChI=1S/C18H18N2O3S/c1-11(2)20-10-13(9-19-22)14-8-12(4-5-15(14)20)16-6-7-17(24-16)18(21)23-3/h4-8,10-11H,9H2,1-3H3. The van der Waals surface area contributed by atoms with Crippen LogP contribution in [0.3, 0.4) is 0 Å². The molecule has 5 nitrogen and oxygen atoms in total. The molecule has 2 heterocycles. The largest absolute Gasteiger partial charge is 0.465 e. The van der Waals surface area contributed by atoms with Gasteiger partial charge in [-0.2, -0.15) is 4.91 Å². The van der Waals surface area contributed by atoms with E-state index in [0.29, 0.717) is 10.9 Å². The number of aromatic nitrogens is 1. The predicted octanol–water partition coefficient (Wildman–Crippen LogP) is 5.00. The maximum Gasteiger partial charge on any atom is 0.348 e. The van der Waals surface area contributed by atoms with E-state index in [1.165, 1.54) is 18.4 Å². The predicted molar refractivity (Wildman–Crippen MR) is 96.5 cm³/mol. The molecule has 0 spiro atoms. The molecule has 0 radical (unpaired) electrons. The number of carbonyl (C=O) groups excluding carboxylic acids is 1. The van der Waals surface area contributed by atoms with Gasteiger partial charge in [-0.1, -0.05) is 11.2 Å². The molecule has 3 aromatic rings.